The van der Waals surface area contributed by atoms with E-state index in [0.29, 0.717) is 5.75 Å². The number of benzene rings is 2. The Morgan fingerprint density at radius 2 is 1.75 bits per heavy atom. The minimum atomic E-state index is -0.107. The summed E-state index contributed by atoms with van der Waals surface area (Å²) in [4.78, 5) is 0. The quantitative estimate of drug-likeness (QED) is 0.846. The van der Waals surface area contributed by atoms with Crippen molar-refractivity contribution in [2.45, 2.75) is 6.10 Å². The Hall–Kier alpha value is -2.42. The summed E-state index contributed by atoms with van der Waals surface area (Å²) in [5, 5.41) is 0. The number of fused-ring (bicyclic) bond motifs is 1. The SMILES string of the molecule is COc1ccc(C2C=Cc3ccccc3O2)cc1OC. The van der Waals surface area contributed by atoms with Crippen molar-refractivity contribution in [3.63, 3.8) is 0 Å². The molecular formula is C17H16O3. The van der Waals surface area contributed by atoms with Gasteiger partial charge in [0.2, 0.25) is 0 Å². The Balaban J connectivity index is 1.92. The second kappa shape index (κ2) is 5.29. The molecule has 3 nitrogen and oxygen atoms in total. The van der Waals surface area contributed by atoms with Crippen molar-refractivity contribution in [1.82, 2.24) is 0 Å². The van der Waals surface area contributed by atoms with Crippen molar-refractivity contribution in [2.24, 2.45) is 0 Å². The average molecular weight is 268 g/mol. The van der Waals surface area contributed by atoms with E-state index in [-0.39, 0.29) is 6.10 Å². The Morgan fingerprint density at radius 1 is 0.950 bits per heavy atom. The summed E-state index contributed by atoms with van der Waals surface area (Å²) < 4.78 is 16.6. The van der Waals surface area contributed by atoms with Gasteiger partial charge in [-0.3, -0.25) is 0 Å². The van der Waals surface area contributed by atoms with Gasteiger partial charge in [0.15, 0.2) is 11.5 Å². The first-order chi connectivity index (χ1) is 9.81. The van der Waals surface area contributed by atoms with E-state index < -0.39 is 0 Å². The number of hydrogen-bond donors (Lipinski definition) is 0. The lowest BCUT2D eigenvalue weighted by atomic mass is 10.0. The Labute approximate surface area is 118 Å². The molecule has 0 bridgehead atoms. The molecule has 102 valence electrons. The molecule has 20 heavy (non-hydrogen) atoms. The van der Waals surface area contributed by atoms with Gasteiger partial charge in [-0.1, -0.05) is 30.3 Å². The molecule has 0 radical (unpaired) electrons. The van der Waals surface area contributed by atoms with Crippen LogP contribution in [-0.4, -0.2) is 14.2 Å². The lowest BCUT2D eigenvalue weighted by Gasteiger charge is -2.22. The van der Waals surface area contributed by atoms with Gasteiger partial charge in [-0.15, -0.1) is 0 Å². The fourth-order valence-corrected chi connectivity index (χ4v) is 2.30. The predicted molar refractivity (Wildman–Crippen MR) is 78.4 cm³/mol. The second-order valence-corrected chi connectivity index (χ2v) is 4.55. The molecule has 0 aromatic heterocycles. The normalized spacial score (nSPS) is 16.2. The Morgan fingerprint density at radius 3 is 2.55 bits per heavy atom. The van der Waals surface area contributed by atoms with Crippen molar-refractivity contribution >= 4 is 6.08 Å². The van der Waals surface area contributed by atoms with Gasteiger partial charge < -0.3 is 14.2 Å². The van der Waals surface area contributed by atoms with Crippen LogP contribution in [0.4, 0.5) is 0 Å². The Bertz CT molecular complexity index is 646. The zero-order valence-electron chi connectivity index (χ0n) is 11.5. The van der Waals surface area contributed by atoms with Crippen molar-refractivity contribution in [3.05, 3.63) is 59.7 Å². The summed E-state index contributed by atoms with van der Waals surface area (Å²) in [5.74, 6) is 2.33. The number of para-hydroxylation sites is 1. The van der Waals surface area contributed by atoms with Gasteiger partial charge in [0.25, 0.3) is 0 Å². The summed E-state index contributed by atoms with van der Waals surface area (Å²) in [5.41, 5.74) is 2.14. The van der Waals surface area contributed by atoms with E-state index in [2.05, 4.69) is 6.08 Å². The van der Waals surface area contributed by atoms with Crippen molar-refractivity contribution in [1.29, 1.82) is 0 Å². The van der Waals surface area contributed by atoms with Gasteiger partial charge >= 0.3 is 0 Å². The first kappa shape index (κ1) is 12.6. The van der Waals surface area contributed by atoms with Gasteiger partial charge in [0.05, 0.1) is 14.2 Å². The van der Waals surface area contributed by atoms with Crippen molar-refractivity contribution in [2.75, 3.05) is 14.2 Å². The molecule has 1 atom stereocenters. The second-order valence-electron chi connectivity index (χ2n) is 4.55. The predicted octanol–water partition coefficient (Wildman–Crippen LogP) is 3.85. The maximum absolute atomic E-state index is 6.01. The van der Waals surface area contributed by atoms with E-state index in [1.54, 1.807) is 14.2 Å². The summed E-state index contributed by atoms with van der Waals surface area (Å²) >= 11 is 0. The molecule has 2 aromatic carbocycles. The van der Waals surface area contributed by atoms with Crippen LogP contribution in [0, 0.1) is 0 Å². The first-order valence-corrected chi connectivity index (χ1v) is 6.47. The summed E-state index contributed by atoms with van der Waals surface area (Å²) in [6, 6.07) is 13.8. The number of rotatable bonds is 3. The smallest absolute Gasteiger partial charge is 0.161 e. The van der Waals surface area contributed by atoms with Gasteiger partial charge in [-0.25, -0.2) is 0 Å². The summed E-state index contributed by atoms with van der Waals surface area (Å²) in [6.45, 7) is 0. The third kappa shape index (κ3) is 2.23. The van der Waals surface area contributed by atoms with Crippen LogP contribution in [0.25, 0.3) is 6.08 Å². The molecule has 0 amide bonds. The molecule has 3 heteroatoms. The molecule has 3 rings (SSSR count). The molecule has 0 N–H and O–H groups in total. The highest BCUT2D eigenvalue weighted by Crippen LogP contribution is 2.35. The fraction of sp³-hybridized carbons (Fsp3) is 0.176. The molecule has 0 aliphatic carbocycles. The molecule has 1 unspecified atom stereocenters. The van der Waals surface area contributed by atoms with E-state index >= 15 is 0 Å². The molecule has 0 saturated heterocycles. The summed E-state index contributed by atoms with van der Waals surface area (Å²) in [7, 11) is 3.26. The van der Waals surface area contributed by atoms with Crippen LogP contribution in [-0.2, 0) is 0 Å². The standard InChI is InChI=1S/C17H16O3/c1-18-16-10-8-13(11-17(16)19-2)15-9-7-12-5-3-4-6-14(12)20-15/h3-11,15H,1-2H3. The van der Waals surface area contributed by atoms with Gasteiger partial charge in [0.1, 0.15) is 11.9 Å². The maximum Gasteiger partial charge on any atom is 0.161 e. The van der Waals surface area contributed by atoms with E-state index in [0.717, 1.165) is 22.6 Å². The monoisotopic (exact) mass is 268 g/mol. The van der Waals surface area contributed by atoms with Crippen LogP contribution in [0.2, 0.25) is 0 Å². The van der Waals surface area contributed by atoms with Crippen LogP contribution < -0.4 is 14.2 Å². The molecule has 0 spiro atoms. The van der Waals surface area contributed by atoms with E-state index in [4.69, 9.17) is 14.2 Å². The zero-order valence-corrected chi connectivity index (χ0v) is 11.5. The van der Waals surface area contributed by atoms with Crippen LogP contribution in [0.15, 0.2) is 48.5 Å². The molecule has 0 saturated carbocycles. The lowest BCUT2D eigenvalue weighted by Crippen LogP contribution is -2.09. The average Bonchev–Trinajstić information content (AvgIpc) is 2.53. The van der Waals surface area contributed by atoms with Crippen LogP contribution >= 0.6 is 0 Å². The number of hydrogen-bond acceptors (Lipinski definition) is 3. The van der Waals surface area contributed by atoms with E-state index in [1.807, 2.05) is 48.5 Å². The number of ether oxygens (including phenoxy) is 3. The van der Waals surface area contributed by atoms with Gasteiger partial charge in [-0.05, 0) is 24.3 Å². The first-order valence-electron chi connectivity index (χ1n) is 6.47. The van der Waals surface area contributed by atoms with E-state index in [1.165, 1.54) is 0 Å². The fourth-order valence-electron chi connectivity index (χ4n) is 2.30. The molecule has 1 aliphatic heterocycles. The maximum atomic E-state index is 6.01. The molecule has 1 heterocycles. The summed E-state index contributed by atoms with van der Waals surface area (Å²) in [6.07, 6.45) is 4.02. The Kier molecular flexibility index (Phi) is 3.33. The van der Waals surface area contributed by atoms with Gasteiger partial charge in [0, 0.05) is 11.1 Å². The van der Waals surface area contributed by atoms with E-state index in [9.17, 15) is 0 Å². The molecule has 1 aliphatic rings. The third-order valence-corrected chi connectivity index (χ3v) is 3.36. The van der Waals surface area contributed by atoms with Crippen LogP contribution in [0.1, 0.15) is 17.2 Å². The highest BCUT2D eigenvalue weighted by molar-refractivity contribution is 5.60. The molecular weight excluding hydrogens is 252 g/mol. The van der Waals surface area contributed by atoms with Crippen molar-refractivity contribution < 1.29 is 14.2 Å². The topological polar surface area (TPSA) is 27.7 Å². The zero-order chi connectivity index (χ0) is 13.9. The minimum Gasteiger partial charge on any atom is -0.493 e. The third-order valence-electron chi connectivity index (χ3n) is 3.36. The molecule has 2 aromatic rings. The molecule has 0 fully saturated rings. The largest absolute Gasteiger partial charge is 0.493 e. The minimum absolute atomic E-state index is 0.107. The van der Waals surface area contributed by atoms with Gasteiger partial charge in [-0.2, -0.15) is 0 Å². The van der Waals surface area contributed by atoms with Crippen molar-refractivity contribution in [3.8, 4) is 17.2 Å². The lowest BCUT2D eigenvalue weighted by molar-refractivity contribution is 0.250. The highest BCUT2D eigenvalue weighted by Gasteiger charge is 2.17. The number of methoxy groups -OCH3 is 2. The highest BCUT2D eigenvalue weighted by atomic mass is 16.5. The van der Waals surface area contributed by atoms with Crippen LogP contribution in [0.5, 0.6) is 17.2 Å². The van der Waals surface area contributed by atoms with Crippen LogP contribution in [0.3, 0.4) is 0 Å².